The molecule has 1 saturated heterocycles. The molecule has 0 spiro atoms. The molecule has 1 aliphatic rings. The Hall–Kier alpha value is -1.55. The van der Waals surface area contributed by atoms with Gasteiger partial charge >= 0.3 is 0 Å². The molecule has 22 heavy (non-hydrogen) atoms. The first-order chi connectivity index (χ1) is 10.7. The third-order valence-corrected chi connectivity index (χ3v) is 4.28. The summed E-state index contributed by atoms with van der Waals surface area (Å²) in [6.45, 7) is 4.61. The van der Waals surface area contributed by atoms with Gasteiger partial charge in [0.1, 0.15) is 5.75 Å². The Labute approximate surface area is 133 Å². The van der Waals surface area contributed by atoms with E-state index in [-0.39, 0.29) is 5.91 Å². The van der Waals surface area contributed by atoms with Crippen molar-refractivity contribution < 1.29 is 9.53 Å². The molecule has 1 fully saturated rings. The summed E-state index contributed by atoms with van der Waals surface area (Å²) in [4.78, 5) is 14.3. The molecule has 4 heteroatoms. The minimum absolute atomic E-state index is 0.279. The Morgan fingerprint density at radius 1 is 1.27 bits per heavy atom. The Balaban J connectivity index is 1.74. The van der Waals surface area contributed by atoms with Crippen molar-refractivity contribution in [2.45, 2.75) is 45.1 Å². The van der Waals surface area contributed by atoms with Crippen LogP contribution in [0, 0.1) is 0 Å². The minimum Gasteiger partial charge on any atom is -0.494 e. The summed E-state index contributed by atoms with van der Waals surface area (Å²) in [6, 6.07) is 8.68. The summed E-state index contributed by atoms with van der Waals surface area (Å²) < 4.78 is 5.57. The molecule has 0 aliphatic carbocycles. The quantitative estimate of drug-likeness (QED) is 0.842. The lowest BCUT2D eigenvalue weighted by molar-refractivity contribution is -0.132. The van der Waals surface area contributed by atoms with Crippen LogP contribution in [-0.4, -0.2) is 43.6 Å². The average Bonchev–Trinajstić information content (AvgIpc) is 2.58. The van der Waals surface area contributed by atoms with Gasteiger partial charge in [-0.05, 0) is 50.4 Å². The van der Waals surface area contributed by atoms with Crippen LogP contribution in [0.1, 0.15) is 38.2 Å². The molecule has 1 amide bonds. The molecular weight excluding hydrogens is 276 g/mol. The summed E-state index contributed by atoms with van der Waals surface area (Å²) in [7, 11) is 2.00. The highest BCUT2D eigenvalue weighted by atomic mass is 16.5. The van der Waals surface area contributed by atoms with Gasteiger partial charge in [0, 0.05) is 25.6 Å². The van der Waals surface area contributed by atoms with Crippen molar-refractivity contribution in [2.75, 3.05) is 26.7 Å². The van der Waals surface area contributed by atoms with E-state index < -0.39 is 0 Å². The van der Waals surface area contributed by atoms with Crippen LogP contribution in [0.4, 0.5) is 0 Å². The van der Waals surface area contributed by atoms with Gasteiger partial charge in [0.15, 0.2) is 0 Å². The highest BCUT2D eigenvalue weighted by Crippen LogP contribution is 2.15. The lowest BCUT2D eigenvalue weighted by Gasteiger charge is -2.31. The van der Waals surface area contributed by atoms with Gasteiger partial charge in [0.2, 0.25) is 5.91 Å². The van der Waals surface area contributed by atoms with Gasteiger partial charge < -0.3 is 15.0 Å². The molecule has 122 valence electrons. The number of ether oxygens (including phenoxy) is 1. The normalized spacial score (nSPS) is 15.8. The zero-order valence-corrected chi connectivity index (χ0v) is 13.8. The largest absolute Gasteiger partial charge is 0.494 e. The van der Waals surface area contributed by atoms with E-state index in [1.165, 1.54) is 5.56 Å². The Morgan fingerprint density at radius 3 is 2.55 bits per heavy atom. The van der Waals surface area contributed by atoms with E-state index in [2.05, 4.69) is 24.4 Å². The number of nitrogens with one attached hydrogen (secondary N) is 1. The summed E-state index contributed by atoms with van der Waals surface area (Å²) in [5.74, 6) is 1.19. The van der Waals surface area contributed by atoms with E-state index in [1.807, 2.05) is 24.1 Å². The number of nitrogens with zero attached hydrogens (tertiary/aromatic N) is 1. The van der Waals surface area contributed by atoms with Crippen molar-refractivity contribution in [1.82, 2.24) is 10.2 Å². The molecule has 1 heterocycles. The van der Waals surface area contributed by atoms with Gasteiger partial charge in [-0.15, -0.1) is 0 Å². The summed E-state index contributed by atoms with van der Waals surface area (Å²) in [6.07, 6.45) is 4.54. The van der Waals surface area contributed by atoms with Gasteiger partial charge in [-0.3, -0.25) is 4.79 Å². The van der Waals surface area contributed by atoms with Crippen LogP contribution in [0.15, 0.2) is 24.3 Å². The lowest BCUT2D eigenvalue weighted by Crippen LogP contribution is -2.44. The maximum Gasteiger partial charge on any atom is 0.222 e. The summed E-state index contributed by atoms with van der Waals surface area (Å²) >= 11 is 0. The van der Waals surface area contributed by atoms with Crippen LogP contribution in [0.2, 0.25) is 0 Å². The van der Waals surface area contributed by atoms with Crippen molar-refractivity contribution >= 4 is 5.91 Å². The van der Waals surface area contributed by atoms with Crippen molar-refractivity contribution in [3.8, 4) is 5.75 Å². The van der Waals surface area contributed by atoms with Gasteiger partial charge in [-0.2, -0.15) is 0 Å². The molecule has 0 bridgehead atoms. The van der Waals surface area contributed by atoms with Crippen molar-refractivity contribution in [1.29, 1.82) is 0 Å². The number of rotatable bonds is 7. The molecule has 0 saturated carbocycles. The fourth-order valence-corrected chi connectivity index (χ4v) is 2.80. The Bertz CT molecular complexity index is 451. The first-order valence-electron chi connectivity index (χ1n) is 8.39. The van der Waals surface area contributed by atoms with Crippen LogP contribution >= 0.6 is 0 Å². The fourth-order valence-electron chi connectivity index (χ4n) is 2.80. The van der Waals surface area contributed by atoms with E-state index in [0.717, 1.165) is 51.1 Å². The second kappa shape index (κ2) is 8.79. The van der Waals surface area contributed by atoms with Crippen molar-refractivity contribution in [2.24, 2.45) is 0 Å². The molecule has 4 nitrogen and oxygen atoms in total. The molecule has 2 rings (SSSR count). The predicted octanol–water partition coefficient (Wildman–Crippen LogP) is 2.62. The van der Waals surface area contributed by atoms with E-state index in [0.29, 0.717) is 12.5 Å². The number of piperidine rings is 1. The van der Waals surface area contributed by atoms with Gasteiger partial charge in [-0.1, -0.05) is 19.1 Å². The first kappa shape index (κ1) is 16.8. The van der Waals surface area contributed by atoms with Gasteiger partial charge in [-0.25, -0.2) is 0 Å². The van der Waals surface area contributed by atoms with Crippen LogP contribution in [-0.2, 0) is 11.2 Å². The smallest absolute Gasteiger partial charge is 0.222 e. The third kappa shape index (κ3) is 5.02. The second-order valence-electron chi connectivity index (χ2n) is 5.94. The summed E-state index contributed by atoms with van der Waals surface area (Å²) in [5.41, 5.74) is 1.20. The van der Waals surface area contributed by atoms with Gasteiger partial charge in [0.25, 0.3) is 0 Å². The highest BCUT2D eigenvalue weighted by Gasteiger charge is 2.21. The number of hydrogen-bond acceptors (Lipinski definition) is 3. The topological polar surface area (TPSA) is 41.6 Å². The second-order valence-corrected chi connectivity index (χ2v) is 5.94. The van der Waals surface area contributed by atoms with Crippen molar-refractivity contribution in [3.05, 3.63) is 29.8 Å². The Morgan fingerprint density at radius 2 is 1.95 bits per heavy atom. The molecule has 1 N–H and O–H groups in total. The predicted molar refractivity (Wildman–Crippen MR) is 89.2 cm³/mol. The Kier molecular flexibility index (Phi) is 6.72. The van der Waals surface area contributed by atoms with E-state index in [1.54, 1.807) is 0 Å². The minimum atomic E-state index is 0.279. The number of benzene rings is 1. The van der Waals surface area contributed by atoms with E-state index >= 15 is 0 Å². The standard InChI is InChI=1S/C18H28N2O2/c1-3-14-22-17-7-4-15(5-8-17)6-9-18(21)20-12-10-16(19-2)11-13-20/h4-5,7-8,16,19H,3,6,9-14H2,1-2H3. The van der Waals surface area contributed by atoms with Gasteiger partial charge in [0.05, 0.1) is 6.61 Å². The number of aryl methyl sites for hydroxylation is 1. The molecule has 0 atom stereocenters. The number of carbonyl (C=O) groups is 1. The number of carbonyl (C=O) groups excluding carboxylic acids is 1. The van der Waals surface area contributed by atoms with E-state index in [4.69, 9.17) is 4.74 Å². The molecule has 0 radical (unpaired) electrons. The van der Waals surface area contributed by atoms with Crippen LogP contribution in [0.3, 0.4) is 0 Å². The molecule has 1 aromatic carbocycles. The van der Waals surface area contributed by atoms with Crippen molar-refractivity contribution in [3.63, 3.8) is 0 Å². The van der Waals surface area contributed by atoms with Crippen LogP contribution < -0.4 is 10.1 Å². The highest BCUT2D eigenvalue weighted by molar-refractivity contribution is 5.76. The number of amides is 1. The first-order valence-corrected chi connectivity index (χ1v) is 8.39. The van der Waals surface area contributed by atoms with Crippen LogP contribution in [0.5, 0.6) is 5.75 Å². The van der Waals surface area contributed by atoms with Crippen LogP contribution in [0.25, 0.3) is 0 Å². The molecule has 0 unspecified atom stereocenters. The average molecular weight is 304 g/mol. The zero-order valence-electron chi connectivity index (χ0n) is 13.8. The summed E-state index contributed by atoms with van der Waals surface area (Å²) in [5, 5.41) is 3.29. The monoisotopic (exact) mass is 304 g/mol. The zero-order chi connectivity index (χ0) is 15.8. The van der Waals surface area contributed by atoms with E-state index in [9.17, 15) is 4.79 Å². The fraction of sp³-hybridized carbons (Fsp3) is 0.611. The number of hydrogen-bond donors (Lipinski definition) is 1. The molecular formula is C18H28N2O2. The maximum absolute atomic E-state index is 12.3. The third-order valence-electron chi connectivity index (χ3n) is 4.28. The molecule has 1 aromatic rings. The lowest BCUT2D eigenvalue weighted by atomic mass is 10.0. The SMILES string of the molecule is CCCOc1ccc(CCC(=O)N2CCC(NC)CC2)cc1. The number of likely N-dealkylation sites (tertiary alicyclic amines) is 1. The molecule has 0 aromatic heterocycles. The maximum atomic E-state index is 12.3. The molecule has 1 aliphatic heterocycles.